The van der Waals surface area contributed by atoms with Crippen LogP contribution in [-0.4, -0.2) is 12.8 Å². The second-order valence-corrected chi connectivity index (χ2v) is 4.87. The molecule has 3 heteroatoms. The maximum atomic E-state index is 5.48. The fraction of sp³-hybridized carbons (Fsp3) is 0.455. The molecule has 0 aromatic heterocycles. The molecule has 0 spiro atoms. The Hall–Kier alpha value is 0.01000. The van der Waals surface area contributed by atoms with Crippen molar-refractivity contribution in [2.24, 2.45) is 5.73 Å². The summed E-state index contributed by atoms with van der Waals surface area (Å²) in [6.45, 7) is 0.791. The number of hydrogen-bond acceptors (Lipinski definition) is 2. The van der Waals surface area contributed by atoms with Crippen molar-refractivity contribution in [2.45, 2.75) is 24.2 Å². The molecule has 1 rings (SSSR count). The molecule has 0 saturated carbocycles. The van der Waals surface area contributed by atoms with Gasteiger partial charge in [0.1, 0.15) is 0 Å². The van der Waals surface area contributed by atoms with Crippen molar-refractivity contribution in [3.63, 3.8) is 0 Å². The van der Waals surface area contributed by atoms with E-state index < -0.39 is 0 Å². The molecule has 0 aliphatic carbocycles. The molecule has 1 aromatic carbocycles. The Labute approximate surface area is 98.6 Å². The molecule has 0 bridgehead atoms. The molecular formula is C11H16BrNS. The summed E-state index contributed by atoms with van der Waals surface area (Å²) in [7, 11) is 0. The van der Waals surface area contributed by atoms with Crippen LogP contribution in [0.2, 0.25) is 0 Å². The van der Waals surface area contributed by atoms with Crippen molar-refractivity contribution < 1.29 is 0 Å². The van der Waals surface area contributed by atoms with Crippen LogP contribution >= 0.6 is 27.7 Å². The molecule has 1 aromatic rings. The summed E-state index contributed by atoms with van der Waals surface area (Å²) >= 11 is 5.40. The van der Waals surface area contributed by atoms with Gasteiger partial charge >= 0.3 is 0 Å². The van der Waals surface area contributed by atoms with Gasteiger partial charge in [0, 0.05) is 9.37 Å². The third kappa shape index (κ3) is 3.30. The quantitative estimate of drug-likeness (QED) is 0.657. The number of thioether (sulfide) groups is 1. The first kappa shape index (κ1) is 12.1. The molecule has 0 aliphatic heterocycles. The fourth-order valence-electron chi connectivity index (χ4n) is 1.42. The summed E-state index contributed by atoms with van der Waals surface area (Å²) in [5.74, 6) is 0. The minimum Gasteiger partial charge on any atom is -0.330 e. The smallest absolute Gasteiger partial charge is 0.0218 e. The van der Waals surface area contributed by atoms with E-state index in [0.717, 1.165) is 19.4 Å². The predicted molar refractivity (Wildman–Crippen MR) is 67.9 cm³/mol. The topological polar surface area (TPSA) is 26.0 Å². The van der Waals surface area contributed by atoms with Gasteiger partial charge in [-0.3, -0.25) is 0 Å². The number of unbranched alkanes of at least 4 members (excludes halogenated alkanes) is 1. The molecule has 0 radical (unpaired) electrons. The standard InChI is InChI=1S/C11H16BrNS/c1-14-11-7-4-6-10(12)9(11)5-2-3-8-13/h4,6-7H,2-3,5,8,13H2,1H3. The highest BCUT2D eigenvalue weighted by atomic mass is 79.9. The molecule has 0 atom stereocenters. The zero-order valence-electron chi connectivity index (χ0n) is 8.42. The first-order chi connectivity index (χ1) is 6.79. The van der Waals surface area contributed by atoms with Crippen molar-refractivity contribution in [2.75, 3.05) is 12.8 Å². The summed E-state index contributed by atoms with van der Waals surface area (Å²) in [6, 6.07) is 6.37. The maximum absolute atomic E-state index is 5.48. The number of rotatable bonds is 5. The summed E-state index contributed by atoms with van der Waals surface area (Å²) in [4.78, 5) is 1.37. The van der Waals surface area contributed by atoms with Gasteiger partial charge in [-0.05, 0) is 49.8 Å². The Bertz CT molecular complexity index is 289. The van der Waals surface area contributed by atoms with Crippen molar-refractivity contribution in [3.05, 3.63) is 28.2 Å². The average Bonchev–Trinajstić information content (AvgIpc) is 2.20. The van der Waals surface area contributed by atoms with E-state index in [0.29, 0.717) is 0 Å². The number of hydrogen-bond donors (Lipinski definition) is 1. The van der Waals surface area contributed by atoms with Crippen LogP contribution in [0.5, 0.6) is 0 Å². The lowest BCUT2D eigenvalue weighted by molar-refractivity contribution is 0.736. The minimum atomic E-state index is 0.791. The van der Waals surface area contributed by atoms with Gasteiger partial charge in [-0.1, -0.05) is 22.0 Å². The van der Waals surface area contributed by atoms with Crippen LogP contribution in [-0.2, 0) is 6.42 Å². The molecule has 0 amide bonds. The van der Waals surface area contributed by atoms with E-state index in [4.69, 9.17) is 5.73 Å². The monoisotopic (exact) mass is 273 g/mol. The average molecular weight is 274 g/mol. The third-order valence-electron chi connectivity index (χ3n) is 2.18. The Kier molecular flexibility index (Phi) is 5.60. The third-order valence-corrected chi connectivity index (χ3v) is 3.74. The normalized spacial score (nSPS) is 10.5. The summed E-state index contributed by atoms with van der Waals surface area (Å²) < 4.78 is 1.22. The van der Waals surface area contributed by atoms with Crippen LogP contribution in [0.15, 0.2) is 27.6 Å². The van der Waals surface area contributed by atoms with E-state index >= 15 is 0 Å². The van der Waals surface area contributed by atoms with Gasteiger partial charge in [-0.15, -0.1) is 11.8 Å². The summed E-state index contributed by atoms with van der Waals surface area (Å²) in [6.07, 6.45) is 5.52. The lowest BCUT2D eigenvalue weighted by atomic mass is 10.1. The Morgan fingerprint density at radius 1 is 1.36 bits per heavy atom. The highest BCUT2D eigenvalue weighted by Crippen LogP contribution is 2.28. The van der Waals surface area contributed by atoms with Gasteiger partial charge in [0.05, 0.1) is 0 Å². The van der Waals surface area contributed by atoms with Crippen LogP contribution in [0.25, 0.3) is 0 Å². The number of benzene rings is 1. The van der Waals surface area contributed by atoms with Crippen LogP contribution in [0.4, 0.5) is 0 Å². The summed E-state index contributed by atoms with van der Waals surface area (Å²) in [5, 5.41) is 0. The molecule has 14 heavy (non-hydrogen) atoms. The van der Waals surface area contributed by atoms with Crippen LogP contribution in [0.1, 0.15) is 18.4 Å². The molecule has 0 heterocycles. The molecule has 0 aliphatic rings. The predicted octanol–water partition coefficient (Wildman–Crippen LogP) is 3.45. The molecular weight excluding hydrogens is 258 g/mol. The SMILES string of the molecule is CSc1cccc(Br)c1CCCCN. The van der Waals surface area contributed by atoms with Crippen molar-refractivity contribution in [3.8, 4) is 0 Å². The Morgan fingerprint density at radius 3 is 2.79 bits per heavy atom. The molecule has 2 N–H and O–H groups in total. The van der Waals surface area contributed by atoms with E-state index in [1.807, 2.05) is 0 Å². The lowest BCUT2D eigenvalue weighted by Gasteiger charge is -2.09. The second kappa shape index (κ2) is 6.49. The van der Waals surface area contributed by atoms with Gasteiger partial charge in [0.15, 0.2) is 0 Å². The molecule has 0 unspecified atom stereocenters. The van der Waals surface area contributed by atoms with E-state index in [9.17, 15) is 0 Å². The first-order valence-corrected chi connectivity index (χ1v) is 6.82. The second-order valence-electron chi connectivity index (χ2n) is 3.17. The van der Waals surface area contributed by atoms with E-state index in [2.05, 4.69) is 40.4 Å². The van der Waals surface area contributed by atoms with E-state index in [1.54, 1.807) is 11.8 Å². The minimum absolute atomic E-state index is 0.791. The number of halogens is 1. The van der Waals surface area contributed by atoms with Gasteiger partial charge in [-0.2, -0.15) is 0 Å². The Balaban J connectivity index is 2.72. The molecule has 0 fully saturated rings. The van der Waals surface area contributed by atoms with E-state index in [1.165, 1.54) is 21.4 Å². The largest absolute Gasteiger partial charge is 0.330 e. The van der Waals surface area contributed by atoms with Gasteiger partial charge in [0.25, 0.3) is 0 Å². The van der Waals surface area contributed by atoms with Gasteiger partial charge < -0.3 is 5.73 Å². The number of nitrogens with two attached hydrogens (primary N) is 1. The van der Waals surface area contributed by atoms with Crippen molar-refractivity contribution in [1.29, 1.82) is 0 Å². The van der Waals surface area contributed by atoms with Crippen LogP contribution < -0.4 is 5.73 Å². The zero-order valence-corrected chi connectivity index (χ0v) is 10.8. The van der Waals surface area contributed by atoms with Gasteiger partial charge in [-0.25, -0.2) is 0 Å². The fourth-order valence-corrected chi connectivity index (χ4v) is 2.79. The molecule has 78 valence electrons. The summed E-state index contributed by atoms with van der Waals surface area (Å²) in [5.41, 5.74) is 6.91. The highest BCUT2D eigenvalue weighted by molar-refractivity contribution is 9.10. The van der Waals surface area contributed by atoms with Crippen molar-refractivity contribution in [1.82, 2.24) is 0 Å². The van der Waals surface area contributed by atoms with Gasteiger partial charge in [0.2, 0.25) is 0 Å². The Morgan fingerprint density at radius 2 is 2.14 bits per heavy atom. The highest BCUT2D eigenvalue weighted by Gasteiger charge is 2.04. The molecule has 1 nitrogen and oxygen atoms in total. The van der Waals surface area contributed by atoms with Crippen LogP contribution in [0.3, 0.4) is 0 Å². The van der Waals surface area contributed by atoms with Crippen LogP contribution in [0, 0.1) is 0 Å². The zero-order chi connectivity index (χ0) is 10.4. The van der Waals surface area contributed by atoms with E-state index in [-0.39, 0.29) is 0 Å². The maximum Gasteiger partial charge on any atom is 0.0218 e. The first-order valence-electron chi connectivity index (χ1n) is 4.81. The lowest BCUT2D eigenvalue weighted by Crippen LogP contribution is -1.99. The van der Waals surface area contributed by atoms with Crippen molar-refractivity contribution >= 4 is 27.7 Å². The molecule has 0 saturated heterocycles.